The Hall–Kier alpha value is -2.65. The first-order valence-corrected chi connectivity index (χ1v) is 5.95. The van der Waals surface area contributed by atoms with E-state index >= 15 is 0 Å². The number of nitrogens with one attached hydrogen (secondary N) is 2. The Kier molecular flexibility index (Phi) is 4.47. The van der Waals surface area contributed by atoms with Crippen molar-refractivity contribution in [3.8, 4) is 11.8 Å². The smallest absolute Gasteiger partial charge is 0.254 e. The van der Waals surface area contributed by atoms with Gasteiger partial charge in [0.25, 0.3) is 5.91 Å². The lowest BCUT2D eigenvalue weighted by Gasteiger charge is -2.05. The Bertz CT molecular complexity index is 656. The number of nitrogens with zero attached hydrogens (tertiary/aromatic N) is 1. The molecule has 5 nitrogen and oxygen atoms in total. The summed E-state index contributed by atoms with van der Waals surface area (Å²) in [6.07, 6.45) is 2.86. The number of aromatic nitrogens is 2. The zero-order valence-corrected chi connectivity index (χ0v) is 10.6. The van der Waals surface area contributed by atoms with E-state index in [4.69, 9.17) is 5.73 Å². The van der Waals surface area contributed by atoms with Crippen LogP contribution in [0.2, 0.25) is 0 Å². The first-order valence-electron chi connectivity index (χ1n) is 5.95. The van der Waals surface area contributed by atoms with Crippen LogP contribution < -0.4 is 11.1 Å². The van der Waals surface area contributed by atoms with Crippen molar-refractivity contribution in [1.29, 1.82) is 0 Å². The number of benzene rings is 1. The maximum absolute atomic E-state index is 13.6. The average molecular weight is 272 g/mol. The van der Waals surface area contributed by atoms with Crippen LogP contribution in [-0.4, -0.2) is 22.6 Å². The summed E-state index contributed by atoms with van der Waals surface area (Å²) in [5.74, 6) is 4.80. The number of H-pyrrole nitrogens is 1. The number of rotatable bonds is 3. The van der Waals surface area contributed by atoms with Gasteiger partial charge in [0.05, 0.1) is 18.3 Å². The Morgan fingerprint density at radius 3 is 3.05 bits per heavy atom. The summed E-state index contributed by atoms with van der Waals surface area (Å²) in [6.45, 7) is 0.317. The summed E-state index contributed by atoms with van der Waals surface area (Å²) in [5.41, 5.74) is 6.70. The van der Waals surface area contributed by atoms with Crippen molar-refractivity contribution in [2.45, 2.75) is 6.54 Å². The van der Waals surface area contributed by atoms with Crippen molar-refractivity contribution in [3.05, 3.63) is 53.1 Å². The van der Waals surface area contributed by atoms with Crippen LogP contribution in [0.1, 0.15) is 21.5 Å². The number of hydrogen-bond acceptors (Lipinski definition) is 3. The van der Waals surface area contributed by atoms with E-state index in [1.165, 1.54) is 18.5 Å². The molecule has 0 aliphatic heterocycles. The number of nitrogens with two attached hydrogens (primary N) is 1. The second kappa shape index (κ2) is 6.50. The highest BCUT2D eigenvalue weighted by Gasteiger charge is 2.08. The van der Waals surface area contributed by atoms with E-state index in [-0.39, 0.29) is 19.0 Å². The number of halogens is 1. The fourth-order valence-electron chi connectivity index (χ4n) is 1.59. The second-order valence-corrected chi connectivity index (χ2v) is 3.98. The molecule has 102 valence electrons. The molecule has 0 radical (unpaired) electrons. The molecule has 1 heterocycles. The molecule has 1 aromatic heterocycles. The maximum Gasteiger partial charge on any atom is 0.254 e. The summed E-state index contributed by atoms with van der Waals surface area (Å²) in [6, 6.07) is 4.48. The summed E-state index contributed by atoms with van der Waals surface area (Å²) in [4.78, 5) is 11.7. The molecule has 2 rings (SSSR count). The van der Waals surface area contributed by atoms with Crippen molar-refractivity contribution in [2.24, 2.45) is 5.73 Å². The number of amides is 1. The van der Waals surface area contributed by atoms with Gasteiger partial charge in [-0.05, 0) is 18.2 Å². The molecule has 0 aliphatic rings. The van der Waals surface area contributed by atoms with Crippen molar-refractivity contribution in [2.75, 3.05) is 6.54 Å². The minimum atomic E-state index is -0.393. The van der Waals surface area contributed by atoms with E-state index in [9.17, 15) is 9.18 Å². The minimum absolute atomic E-state index is 0.0774. The van der Waals surface area contributed by atoms with Crippen LogP contribution in [0.3, 0.4) is 0 Å². The van der Waals surface area contributed by atoms with Crippen LogP contribution in [0.5, 0.6) is 0 Å². The first-order chi connectivity index (χ1) is 9.70. The van der Waals surface area contributed by atoms with Gasteiger partial charge < -0.3 is 11.1 Å². The van der Waals surface area contributed by atoms with Crippen LogP contribution in [-0.2, 0) is 6.54 Å². The van der Waals surface area contributed by atoms with Gasteiger partial charge in [-0.15, -0.1) is 0 Å². The van der Waals surface area contributed by atoms with Crippen LogP contribution >= 0.6 is 0 Å². The van der Waals surface area contributed by atoms with E-state index < -0.39 is 5.82 Å². The van der Waals surface area contributed by atoms with E-state index in [1.54, 1.807) is 12.1 Å². The minimum Gasteiger partial charge on any atom is -0.348 e. The van der Waals surface area contributed by atoms with E-state index in [0.717, 1.165) is 0 Å². The quantitative estimate of drug-likeness (QED) is 0.722. The normalized spacial score (nSPS) is 9.70. The molecule has 4 N–H and O–H groups in total. The third-order valence-corrected chi connectivity index (χ3v) is 2.58. The summed E-state index contributed by atoms with van der Waals surface area (Å²) in [7, 11) is 0. The molecule has 0 saturated heterocycles. The van der Waals surface area contributed by atoms with Crippen LogP contribution in [0.4, 0.5) is 4.39 Å². The van der Waals surface area contributed by atoms with Gasteiger partial charge in [0.1, 0.15) is 5.82 Å². The van der Waals surface area contributed by atoms with Gasteiger partial charge in [0, 0.05) is 23.9 Å². The summed E-state index contributed by atoms with van der Waals surface area (Å²) >= 11 is 0. The van der Waals surface area contributed by atoms with Crippen LogP contribution in [0.25, 0.3) is 0 Å². The summed E-state index contributed by atoms with van der Waals surface area (Å²) in [5, 5.41) is 8.82. The van der Waals surface area contributed by atoms with Gasteiger partial charge in [-0.25, -0.2) is 4.39 Å². The molecule has 0 aliphatic carbocycles. The van der Waals surface area contributed by atoms with Crippen LogP contribution in [0.15, 0.2) is 30.6 Å². The lowest BCUT2D eigenvalue weighted by atomic mass is 10.1. The molecule has 0 fully saturated rings. The van der Waals surface area contributed by atoms with Gasteiger partial charge in [-0.1, -0.05) is 11.8 Å². The molecule has 0 spiro atoms. The van der Waals surface area contributed by atoms with Gasteiger partial charge in [-0.3, -0.25) is 9.89 Å². The first kappa shape index (κ1) is 13.8. The zero-order chi connectivity index (χ0) is 14.4. The Morgan fingerprint density at radius 1 is 1.50 bits per heavy atom. The van der Waals surface area contributed by atoms with E-state index in [0.29, 0.717) is 16.7 Å². The van der Waals surface area contributed by atoms with Crippen molar-refractivity contribution < 1.29 is 9.18 Å². The monoisotopic (exact) mass is 272 g/mol. The number of carbonyl (C=O) groups is 1. The third kappa shape index (κ3) is 3.43. The topological polar surface area (TPSA) is 83.8 Å². The van der Waals surface area contributed by atoms with Gasteiger partial charge in [0.2, 0.25) is 0 Å². The molecule has 2 aromatic rings. The predicted octanol–water partition coefficient (Wildman–Crippen LogP) is 0.789. The van der Waals surface area contributed by atoms with Crippen molar-refractivity contribution >= 4 is 5.91 Å². The standard InChI is InChI=1S/C14H13FN4O/c15-13-4-3-10(2-1-5-16)6-11(13)7-17-14(20)12-8-18-19-9-12/h3-4,6,8-9H,5,7,16H2,(H,17,20)(H,18,19). The van der Waals surface area contributed by atoms with Gasteiger partial charge in [0.15, 0.2) is 0 Å². The van der Waals surface area contributed by atoms with Crippen molar-refractivity contribution in [1.82, 2.24) is 15.5 Å². The number of aromatic amines is 1. The summed E-state index contributed by atoms with van der Waals surface area (Å²) < 4.78 is 13.6. The molecule has 0 bridgehead atoms. The molecule has 6 heteroatoms. The van der Waals surface area contributed by atoms with Gasteiger partial charge >= 0.3 is 0 Å². The molecular formula is C14H13FN4O. The van der Waals surface area contributed by atoms with Crippen molar-refractivity contribution in [3.63, 3.8) is 0 Å². The molecule has 0 unspecified atom stereocenters. The average Bonchev–Trinajstić information content (AvgIpc) is 2.99. The van der Waals surface area contributed by atoms with Gasteiger partial charge in [-0.2, -0.15) is 5.10 Å². The number of carbonyl (C=O) groups excluding carboxylic acids is 1. The fraction of sp³-hybridized carbons (Fsp3) is 0.143. The van der Waals surface area contributed by atoms with E-state index in [1.807, 2.05) is 0 Å². The molecule has 0 atom stereocenters. The highest BCUT2D eigenvalue weighted by atomic mass is 19.1. The lowest BCUT2D eigenvalue weighted by Crippen LogP contribution is -2.22. The highest BCUT2D eigenvalue weighted by Crippen LogP contribution is 2.10. The second-order valence-electron chi connectivity index (χ2n) is 3.98. The molecule has 1 aromatic carbocycles. The maximum atomic E-state index is 13.6. The Morgan fingerprint density at radius 2 is 2.35 bits per heavy atom. The SMILES string of the molecule is NCC#Cc1ccc(F)c(CNC(=O)c2cn[nH]c2)c1. The molecule has 1 amide bonds. The Balaban J connectivity index is 2.07. The van der Waals surface area contributed by atoms with E-state index in [2.05, 4.69) is 27.4 Å². The molecular weight excluding hydrogens is 259 g/mol. The zero-order valence-electron chi connectivity index (χ0n) is 10.6. The molecule has 20 heavy (non-hydrogen) atoms. The largest absolute Gasteiger partial charge is 0.348 e. The number of hydrogen-bond donors (Lipinski definition) is 3. The van der Waals surface area contributed by atoms with Crippen LogP contribution in [0, 0.1) is 17.7 Å². The fourth-order valence-corrected chi connectivity index (χ4v) is 1.59. The Labute approximate surface area is 115 Å². The highest BCUT2D eigenvalue weighted by molar-refractivity contribution is 5.93. The third-order valence-electron chi connectivity index (χ3n) is 2.58. The lowest BCUT2D eigenvalue weighted by molar-refractivity contribution is 0.0950. The molecule has 0 saturated carbocycles. The predicted molar refractivity (Wildman–Crippen MR) is 72.1 cm³/mol.